The van der Waals surface area contributed by atoms with Gasteiger partial charge in [0.05, 0.1) is 29.5 Å². The Hall–Kier alpha value is -1.74. The molecule has 0 aliphatic carbocycles. The maximum Gasteiger partial charge on any atom is 0.0894 e. The van der Waals surface area contributed by atoms with Crippen LogP contribution in [-0.4, -0.2) is 21.7 Å². The third kappa shape index (κ3) is 2.19. The van der Waals surface area contributed by atoms with E-state index >= 15 is 0 Å². The summed E-state index contributed by atoms with van der Waals surface area (Å²) >= 11 is 0. The largest absolute Gasteiger partial charge is 0.392 e. The van der Waals surface area contributed by atoms with E-state index in [0.717, 1.165) is 22.3 Å². The van der Waals surface area contributed by atoms with Gasteiger partial charge in [-0.15, -0.1) is 0 Å². The molecule has 1 N–H and O–H groups in total. The Balaban J connectivity index is 2.47. The Labute approximate surface area is 88.1 Å². The molecule has 0 radical (unpaired) electrons. The van der Waals surface area contributed by atoms with Crippen LogP contribution in [0.25, 0.3) is 17.1 Å². The van der Waals surface area contributed by atoms with E-state index in [1.165, 1.54) is 0 Å². The van der Waals surface area contributed by atoms with Crippen molar-refractivity contribution in [3.8, 4) is 0 Å². The highest BCUT2D eigenvalue weighted by Gasteiger charge is 1.96. The number of aliphatic hydroxyl groups is 1. The van der Waals surface area contributed by atoms with Crippen molar-refractivity contribution in [3.05, 3.63) is 41.7 Å². The van der Waals surface area contributed by atoms with Crippen molar-refractivity contribution in [1.29, 1.82) is 0 Å². The predicted octanol–water partition coefficient (Wildman–Crippen LogP) is 2.03. The first-order valence-corrected chi connectivity index (χ1v) is 4.79. The standard InChI is InChI=1S/C12H12N2O/c1-9(8-15)6-10-7-13-11-4-2-3-5-12(11)14-10/h2-7,15H,8H2,1H3. The zero-order chi connectivity index (χ0) is 10.7. The first-order valence-electron chi connectivity index (χ1n) is 4.79. The quantitative estimate of drug-likeness (QED) is 0.806. The molecule has 0 saturated carbocycles. The first kappa shape index (κ1) is 9.80. The molecule has 1 aromatic carbocycles. The highest BCUT2D eigenvalue weighted by Crippen LogP contribution is 2.10. The van der Waals surface area contributed by atoms with Crippen LogP contribution in [-0.2, 0) is 0 Å². The van der Waals surface area contributed by atoms with E-state index < -0.39 is 0 Å². The summed E-state index contributed by atoms with van der Waals surface area (Å²) in [6.45, 7) is 1.91. The van der Waals surface area contributed by atoms with Gasteiger partial charge in [0.2, 0.25) is 0 Å². The number of hydrogen-bond donors (Lipinski definition) is 1. The van der Waals surface area contributed by atoms with Gasteiger partial charge >= 0.3 is 0 Å². The van der Waals surface area contributed by atoms with Crippen LogP contribution in [0.5, 0.6) is 0 Å². The number of aliphatic hydroxyl groups excluding tert-OH is 1. The maximum absolute atomic E-state index is 8.89. The van der Waals surface area contributed by atoms with Gasteiger partial charge in [0.1, 0.15) is 0 Å². The smallest absolute Gasteiger partial charge is 0.0894 e. The average Bonchev–Trinajstić information content (AvgIpc) is 2.29. The minimum atomic E-state index is 0.0501. The molecule has 1 heterocycles. The van der Waals surface area contributed by atoms with Crippen LogP contribution < -0.4 is 0 Å². The SMILES string of the molecule is CC(=Cc1cnc2ccccc2n1)CO. The van der Waals surface area contributed by atoms with Gasteiger partial charge in [0, 0.05) is 0 Å². The monoisotopic (exact) mass is 200 g/mol. The van der Waals surface area contributed by atoms with E-state index in [4.69, 9.17) is 5.11 Å². The third-order valence-electron chi connectivity index (χ3n) is 2.11. The lowest BCUT2D eigenvalue weighted by Gasteiger charge is -1.98. The molecule has 0 aliphatic rings. The summed E-state index contributed by atoms with van der Waals surface area (Å²) in [5.41, 5.74) is 3.41. The second-order valence-corrected chi connectivity index (χ2v) is 3.43. The summed E-state index contributed by atoms with van der Waals surface area (Å²) < 4.78 is 0. The molecule has 3 nitrogen and oxygen atoms in total. The van der Waals surface area contributed by atoms with E-state index in [1.807, 2.05) is 37.3 Å². The first-order chi connectivity index (χ1) is 7.29. The van der Waals surface area contributed by atoms with Crippen molar-refractivity contribution in [3.63, 3.8) is 0 Å². The van der Waals surface area contributed by atoms with Gasteiger partial charge in [-0.1, -0.05) is 12.1 Å². The van der Waals surface area contributed by atoms with Crippen molar-refractivity contribution in [2.75, 3.05) is 6.61 Å². The lowest BCUT2D eigenvalue weighted by atomic mass is 10.2. The third-order valence-corrected chi connectivity index (χ3v) is 2.11. The fraction of sp³-hybridized carbons (Fsp3) is 0.167. The number of aromatic nitrogens is 2. The minimum absolute atomic E-state index is 0.0501. The van der Waals surface area contributed by atoms with E-state index in [2.05, 4.69) is 9.97 Å². The van der Waals surface area contributed by atoms with Crippen LogP contribution in [0.15, 0.2) is 36.0 Å². The van der Waals surface area contributed by atoms with Crippen molar-refractivity contribution >= 4 is 17.1 Å². The molecule has 0 aliphatic heterocycles. The fourth-order valence-electron chi connectivity index (χ4n) is 1.34. The molecule has 0 fully saturated rings. The number of para-hydroxylation sites is 2. The van der Waals surface area contributed by atoms with Gasteiger partial charge in [-0.05, 0) is 30.7 Å². The molecular weight excluding hydrogens is 188 g/mol. The highest BCUT2D eigenvalue weighted by molar-refractivity contribution is 5.74. The number of hydrogen-bond acceptors (Lipinski definition) is 3. The van der Waals surface area contributed by atoms with E-state index in [1.54, 1.807) is 6.20 Å². The van der Waals surface area contributed by atoms with Crippen molar-refractivity contribution in [2.24, 2.45) is 0 Å². The number of rotatable bonds is 2. The molecular formula is C12H12N2O. The lowest BCUT2D eigenvalue weighted by molar-refractivity contribution is 0.332. The Morgan fingerprint density at radius 2 is 2.07 bits per heavy atom. The summed E-state index contributed by atoms with van der Waals surface area (Å²) in [4.78, 5) is 8.69. The molecule has 0 bridgehead atoms. The number of nitrogens with zero attached hydrogens (tertiary/aromatic N) is 2. The zero-order valence-electron chi connectivity index (χ0n) is 8.51. The van der Waals surface area contributed by atoms with Crippen LogP contribution >= 0.6 is 0 Å². The van der Waals surface area contributed by atoms with Gasteiger partial charge in [0.15, 0.2) is 0 Å². The minimum Gasteiger partial charge on any atom is -0.392 e. The van der Waals surface area contributed by atoms with Crippen molar-refractivity contribution < 1.29 is 5.11 Å². The second kappa shape index (κ2) is 4.19. The van der Waals surface area contributed by atoms with Crippen LogP contribution in [0.2, 0.25) is 0 Å². The van der Waals surface area contributed by atoms with Crippen LogP contribution in [0.4, 0.5) is 0 Å². The van der Waals surface area contributed by atoms with Crippen molar-refractivity contribution in [1.82, 2.24) is 9.97 Å². The van der Waals surface area contributed by atoms with Gasteiger partial charge in [-0.3, -0.25) is 4.98 Å². The second-order valence-electron chi connectivity index (χ2n) is 3.43. The summed E-state index contributed by atoms with van der Waals surface area (Å²) in [7, 11) is 0. The number of fused-ring (bicyclic) bond motifs is 1. The Bertz CT molecular complexity index is 506. The molecule has 15 heavy (non-hydrogen) atoms. The van der Waals surface area contributed by atoms with E-state index in [-0.39, 0.29) is 6.61 Å². The fourth-order valence-corrected chi connectivity index (χ4v) is 1.34. The van der Waals surface area contributed by atoms with Gasteiger partial charge in [-0.25, -0.2) is 4.98 Å². The Morgan fingerprint density at radius 3 is 2.80 bits per heavy atom. The summed E-state index contributed by atoms with van der Waals surface area (Å²) in [5, 5.41) is 8.89. The lowest BCUT2D eigenvalue weighted by Crippen LogP contribution is -1.89. The molecule has 0 spiro atoms. The molecule has 0 unspecified atom stereocenters. The Morgan fingerprint density at radius 1 is 1.33 bits per heavy atom. The molecule has 2 rings (SSSR count). The average molecular weight is 200 g/mol. The predicted molar refractivity (Wildman–Crippen MR) is 60.3 cm³/mol. The molecule has 3 heteroatoms. The molecule has 2 aromatic rings. The van der Waals surface area contributed by atoms with Crippen molar-refractivity contribution in [2.45, 2.75) is 6.92 Å². The van der Waals surface area contributed by atoms with Gasteiger partial charge in [-0.2, -0.15) is 0 Å². The Kier molecular flexibility index (Phi) is 2.74. The summed E-state index contributed by atoms with van der Waals surface area (Å²) in [5.74, 6) is 0. The van der Waals surface area contributed by atoms with Crippen LogP contribution in [0.3, 0.4) is 0 Å². The molecule has 1 aromatic heterocycles. The summed E-state index contributed by atoms with van der Waals surface area (Å²) in [6, 6.07) is 7.72. The molecule has 0 saturated heterocycles. The maximum atomic E-state index is 8.89. The molecule has 0 atom stereocenters. The topological polar surface area (TPSA) is 46.0 Å². The number of benzene rings is 1. The van der Waals surface area contributed by atoms with E-state index in [9.17, 15) is 0 Å². The van der Waals surface area contributed by atoms with Gasteiger partial charge < -0.3 is 5.11 Å². The van der Waals surface area contributed by atoms with Crippen LogP contribution in [0.1, 0.15) is 12.6 Å². The normalized spacial score (nSPS) is 12.0. The summed E-state index contributed by atoms with van der Waals surface area (Å²) in [6.07, 6.45) is 3.54. The molecule has 0 amide bonds. The van der Waals surface area contributed by atoms with Gasteiger partial charge in [0.25, 0.3) is 0 Å². The molecule has 76 valence electrons. The highest BCUT2D eigenvalue weighted by atomic mass is 16.3. The van der Waals surface area contributed by atoms with E-state index in [0.29, 0.717) is 0 Å². The zero-order valence-corrected chi connectivity index (χ0v) is 8.51. The van der Waals surface area contributed by atoms with Crippen LogP contribution in [0, 0.1) is 0 Å².